The van der Waals surface area contributed by atoms with E-state index in [1.807, 2.05) is 24.4 Å². The fourth-order valence-electron chi connectivity index (χ4n) is 4.41. The molecule has 0 aliphatic carbocycles. The van der Waals surface area contributed by atoms with Crippen LogP contribution < -0.4 is 9.64 Å². The number of fused-ring (bicyclic) bond motifs is 1. The summed E-state index contributed by atoms with van der Waals surface area (Å²) in [6, 6.07) is 14.2. The lowest BCUT2D eigenvalue weighted by Crippen LogP contribution is -2.31. The highest BCUT2D eigenvalue weighted by Gasteiger charge is 2.22. The predicted molar refractivity (Wildman–Crippen MR) is 127 cm³/mol. The van der Waals surface area contributed by atoms with E-state index in [1.54, 1.807) is 0 Å². The minimum absolute atomic E-state index is 0.680. The number of nitrogens with zero attached hydrogens (tertiary/aromatic N) is 4. The first-order valence-corrected chi connectivity index (χ1v) is 11.3. The summed E-state index contributed by atoms with van der Waals surface area (Å²) in [5.41, 5.74) is 5.48. The maximum atomic E-state index is 6.04. The normalized spacial score (nSPS) is 16.5. The number of pyridine rings is 1. The van der Waals surface area contributed by atoms with E-state index in [0.29, 0.717) is 12.5 Å². The lowest BCUT2D eigenvalue weighted by Gasteiger charge is -2.32. The molecule has 2 aliphatic rings. The van der Waals surface area contributed by atoms with Crippen LogP contribution in [-0.4, -0.2) is 47.2 Å². The Hall–Kier alpha value is -2.76. The Kier molecular flexibility index (Phi) is 5.70. The number of rotatable bonds is 6. The average Bonchev–Trinajstić information content (AvgIpc) is 3.46. The van der Waals surface area contributed by atoms with Crippen LogP contribution in [-0.2, 0) is 6.54 Å². The predicted octanol–water partition coefficient (Wildman–Crippen LogP) is 5.17. The molecule has 0 amide bonds. The smallest absolute Gasteiger partial charge is 0.213 e. The summed E-state index contributed by atoms with van der Waals surface area (Å²) in [6.07, 6.45) is 6.68. The van der Waals surface area contributed by atoms with Gasteiger partial charge in [-0.1, -0.05) is 30.3 Å². The molecule has 0 unspecified atom stereocenters. The topological polar surface area (TPSA) is 33.5 Å². The Morgan fingerprint density at radius 1 is 0.968 bits per heavy atom. The van der Waals surface area contributed by atoms with Crippen molar-refractivity contribution in [3.63, 3.8) is 0 Å². The first kappa shape index (κ1) is 20.2. The van der Waals surface area contributed by atoms with E-state index < -0.39 is 0 Å². The van der Waals surface area contributed by atoms with Crippen LogP contribution in [0.2, 0.25) is 5.02 Å². The summed E-state index contributed by atoms with van der Waals surface area (Å²) in [7, 11) is 0. The van der Waals surface area contributed by atoms with Crippen molar-refractivity contribution in [3.05, 3.63) is 72.2 Å². The van der Waals surface area contributed by atoms with E-state index in [0.717, 1.165) is 47.3 Å². The Labute approximate surface area is 188 Å². The van der Waals surface area contributed by atoms with Crippen molar-refractivity contribution in [2.45, 2.75) is 19.4 Å². The van der Waals surface area contributed by atoms with Gasteiger partial charge in [-0.15, -0.1) is 0 Å². The summed E-state index contributed by atoms with van der Waals surface area (Å²) in [6.45, 7) is 10.2. The van der Waals surface area contributed by atoms with Gasteiger partial charge in [0, 0.05) is 42.5 Å². The van der Waals surface area contributed by atoms with Gasteiger partial charge < -0.3 is 14.2 Å². The molecule has 2 aliphatic heterocycles. The molecular formula is C25H27ClN4O. The van der Waals surface area contributed by atoms with Crippen LogP contribution in [0.5, 0.6) is 5.88 Å². The largest absolute Gasteiger partial charge is 0.476 e. The molecule has 6 heteroatoms. The highest BCUT2D eigenvalue weighted by atomic mass is 35.5. The summed E-state index contributed by atoms with van der Waals surface area (Å²) in [4.78, 5) is 9.19. The second kappa shape index (κ2) is 8.77. The van der Waals surface area contributed by atoms with Gasteiger partial charge in [-0.2, -0.15) is 0 Å². The van der Waals surface area contributed by atoms with Gasteiger partial charge in [0.2, 0.25) is 5.88 Å². The number of halogens is 1. The lowest BCUT2D eigenvalue weighted by molar-refractivity contribution is 0.232. The fourth-order valence-corrected chi connectivity index (χ4v) is 4.53. The number of likely N-dealkylation sites (tertiary alicyclic amines) is 1. The molecule has 0 saturated carbocycles. The molecule has 0 spiro atoms. The summed E-state index contributed by atoms with van der Waals surface area (Å²) in [5, 5.41) is 0.749. The Morgan fingerprint density at radius 2 is 1.77 bits per heavy atom. The molecule has 0 radical (unpaired) electrons. The number of hydrogen-bond acceptors (Lipinski definition) is 4. The van der Waals surface area contributed by atoms with E-state index in [4.69, 9.17) is 16.3 Å². The van der Waals surface area contributed by atoms with Crippen LogP contribution in [0.1, 0.15) is 18.5 Å². The zero-order valence-corrected chi connectivity index (χ0v) is 18.4. The Balaban J connectivity index is 1.25. The van der Waals surface area contributed by atoms with Gasteiger partial charge in [0.15, 0.2) is 0 Å². The maximum Gasteiger partial charge on any atom is 0.213 e. The molecule has 5 nitrogen and oxygen atoms in total. The zero-order valence-electron chi connectivity index (χ0n) is 17.6. The first-order chi connectivity index (χ1) is 15.2. The van der Waals surface area contributed by atoms with Crippen LogP contribution in [0.3, 0.4) is 0 Å². The van der Waals surface area contributed by atoms with E-state index in [-0.39, 0.29) is 0 Å². The number of ether oxygens (including phenoxy) is 1. The average molecular weight is 435 g/mol. The van der Waals surface area contributed by atoms with E-state index in [2.05, 4.69) is 56.4 Å². The van der Waals surface area contributed by atoms with Gasteiger partial charge in [0.25, 0.3) is 0 Å². The second-order valence-electron chi connectivity index (χ2n) is 8.16. The van der Waals surface area contributed by atoms with Crippen molar-refractivity contribution >= 4 is 23.0 Å². The third-order valence-electron chi connectivity index (χ3n) is 6.15. The van der Waals surface area contributed by atoms with Crippen molar-refractivity contribution in [3.8, 4) is 17.0 Å². The minimum atomic E-state index is 0.680. The van der Waals surface area contributed by atoms with Crippen molar-refractivity contribution in [1.82, 2.24) is 14.5 Å². The summed E-state index contributed by atoms with van der Waals surface area (Å²) in [5.74, 6) is 0.680. The number of aromatic nitrogens is 2. The Bertz CT molecular complexity index is 1050. The Morgan fingerprint density at radius 3 is 2.52 bits per heavy atom. The van der Waals surface area contributed by atoms with Crippen LogP contribution in [0.4, 0.5) is 5.69 Å². The molecule has 31 heavy (non-hydrogen) atoms. The molecular weight excluding hydrogens is 408 g/mol. The quantitative estimate of drug-likeness (QED) is 0.536. The highest BCUT2D eigenvalue weighted by molar-refractivity contribution is 6.30. The number of benzene rings is 1. The molecule has 160 valence electrons. The molecule has 5 rings (SSSR count). The molecule has 4 heterocycles. The van der Waals surface area contributed by atoms with Crippen molar-refractivity contribution in [1.29, 1.82) is 0 Å². The molecule has 2 aromatic heterocycles. The van der Waals surface area contributed by atoms with E-state index >= 15 is 0 Å². The highest BCUT2D eigenvalue weighted by Crippen LogP contribution is 2.33. The molecule has 1 saturated heterocycles. The van der Waals surface area contributed by atoms with Gasteiger partial charge in [-0.3, -0.25) is 4.90 Å². The summed E-state index contributed by atoms with van der Waals surface area (Å²) >= 11 is 6.04. The van der Waals surface area contributed by atoms with Crippen LogP contribution in [0.15, 0.2) is 61.4 Å². The molecule has 1 fully saturated rings. The van der Waals surface area contributed by atoms with E-state index in [9.17, 15) is 0 Å². The van der Waals surface area contributed by atoms with Gasteiger partial charge in [0.1, 0.15) is 6.61 Å². The summed E-state index contributed by atoms with van der Waals surface area (Å²) < 4.78 is 8.12. The van der Waals surface area contributed by atoms with Crippen molar-refractivity contribution in [2.75, 3.05) is 37.7 Å². The molecule has 1 aromatic carbocycles. The zero-order chi connectivity index (χ0) is 21.2. The molecule has 0 N–H and O–H groups in total. The number of hydrogen-bond donors (Lipinski definition) is 0. The third kappa shape index (κ3) is 4.34. The van der Waals surface area contributed by atoms with Crippen LogP contribution in [0, 0.1) is 0 Å². The lowest BCUT2D eigenvalue weighted by atomic mass is 10.1. The van der Waals surface area contributed by atoms with Crippen LogP contribution in [0.25, 0.3) is 16.8 Å². The van der Waals surface area contributed by atoms with Crippen LogP contribution >= 0.6 is 11.6 Å². The third-order valence-corrected chi connectivity index (χ3v) is 6.40. The fraction of sp³-hybridized carbons (Fsp3) is 0.320. The second-order valence-corrected chi connectivity index (χ2v) is 8.60. The van der Waals surface area contributed by atoms with Gasteiger partial charge >= 0.3 is 0 Å². The SMILES string of the molecule is C=C1c2cc(-c3ccc(Cl)cc3)cn2CCN1c1ccc(OCCN2CCCC2)nc1. The van der Waals surface area contributed by atoms with Gasteiger partial charge in [0.05, 0.1) is 23.3 Å². The maximum absolute atomic E-state index is 6.04. The van der Waals surface area contributed by atoms with Gasteiger partial charge in [-0.05, 0) is 55.8 Å². The number of anilines is 1. The van der Waals surface area contributed by atoms with E-state index in [1.165, 1.54) is 31.5 Å². The monoisotopic (exact) mass is 434 g/mol. The first-order valence-electron chi connectivity index (χ1n) is 10.9. The van der Waals surface area contributed by atoms with Crippen molar-refractivity contribution in [2.24, 2.45) is 0 Å². The molecule has 0 atom stereocenters. The molecule has 3 aromatic rings. The van der Waals surface area contributed by atoms with Crippen molar-refractivity contribution < 1.29 is 4.74 Å². The standard InChI is InChI=1S/C25H27ClN4O/c1-19-24-16-21(20-4-6-22(26)7-5-20)18-29(24)12-13-30(19)23-8-9-25(27-17-23)31-15-14-28-10-2-3-11-28/h4-9,16-18H,1-3,10-15H2. The molecule has 0 bridgehead atoms. The van der Waals surface area contributed by atoms with Gasteiger partial charge in [-0.25, -0.2) is 4.98 Å². The minimum Gasteiger partial charge on any atom is -0.476 e.